The van der Waals surface area contributed by atoms with Crippen molar-refractivity contribution in [2.75, 3.05) is 13.2 Å². The molecular weight excluding hydrogens is 188 g/mol. The first-order valence-electron chi connectivity index (χ1n) is 5.12. The largest absolute Gasteiger partial charge is 0.396 e. The van der Waals surface area contributed by atoms with Gasteiger partial charge in [-0.15, -0.1) is 0 Å². The number of aliphatic hydroxyl groups excluding tert-OH is 1. The standard InChI is InChI=1S/C12H16N2O/c1-14-6-5-9-3-2-4-11(12(9)14)10(7-13)8-15/h2-6,10,15H,7-8,13H2,1H3. The molecule has 1 atom stereocenters. The van der Waals surface area contributed by atoms with Gasteiger partial charge < -0.3 is 15.4 Å². The van der Waals surface area contributed by atoms with E-state index in [0.29, 0.717) is 6.54 Å². The third-order valence-electron chi connectivity index (χ3n) is 2.87. The van der Waals surface area contributed by atoms with Crippen LogP contribution in [0, 0.1) is 0 Å². The zero-order chi connectivity index (χ0) is 10.8. The SMILES string of the molecule is Cn1ccc2cccc(C(CN)CO)c21. The quantitative estimate of drug-likeness (QED) is 0.789. The van der Waals surface area contributed by atoms with Crippen molar-refractivity contribution in [3.8, 4) is 0 Å². The van der Waals surface area contributed by atoms with E-state index < -0.39 is 0 Å². The lowest BCUT2D eigenvalue weighted by Gasteiger charge is -2.14. The number of hydrogen-bond donors (Lipinski definition) is 2. The van der Waals surface area contributed by atoms with E-state index >= 15 is 0 Å². The first kappa shape index (κ1) is 10.2. The lowest BCUT2D eigenvalue weighted by molar-refractivity contribution is 0.268. The molecule has 15 heavy (non-hydrogen) atoms. The Bertz CT molecular complexity index is 458. The van der Waals surface area contributed by atoms with E-state index in [9.17, 15) is 5.11 Å². The summed E-state index contributed by atoms with van der Waals surface area (Å²) in [5.41, 5.74) is 7.95. The maximum Gasteiger partial charge on any atom is 0.0514 e. The molecule has 0 aliphatic heterocycles. The summed E-state index contributed by atoms with van der Waals surface area (Å²) in [6.45, 7) is 0.571. The molecule has 0 aliphatic rings. The van der Waals surface area contributed by atoms with Crippen LogP contribution >= 0.6 is 0 Å². The van der Waals surface area contributed by atoms with Crippen LogP contribution in [0.25, 0.3) is 10.9 Å². The van der Waals surface area contributed by atoms with E-state index in [2.05, 4.69) is 16.7 Å². The highest BCUT2D eigenvalue weighted by atomic mass is 16.3. The van der Waals surface area contributed by atoms with Gasteiger partial charge in [-0.3, -0.25) is 0 Å². The van der Waals surface area contributed by atoms with Crippen molar-refractivity contribution in [3.63, 3.8) is 0 Å². The Kier molecular flexibility index (Phi) is 2.75. The molecule has 3 heteroatoms. The summed E-state index contributed by atoms with van der Waals surface area (Å²) in [5.74, 6) is 0.0299. The molecule has 2 aromatic rings. The molecule has 0 bridgehead atoms. The van der Waals surface area contributed by atoms with Crippen molar-refractivity contribution in [2.24, 2.45) is 12.8 Å². The Hall–Kier alpha value is -1.32. The van der Waals surface area contributed by atoms with Gasteiger partial charge in [0, 0.05) is 25.7 Å². The molecule has 2 rings (SSSR count). The molecular formula is C12H16N2O. The maximum atomic E-state index is 9.28. The molecule has 1 aromatic heterocycles. The summed E-state index contributed by atoms with van der Waals surface area (Å²) < 4.78 is 2.07. The highest BCUT2D eigenvalue weighted by Gasteiger charge is 2.13. The minimum Gasteiger partial charge on any atom is -0.396 e. The van der Waals surface area contributed by atoms with Crippen LogP contribution in [-0.4, -0.2) is 22.8 Å². The van der Waals surface area contributed by atoms with Crippen LogP contribution in [0.5, 0.6) is 0 Å². The van der Waals surface area contributed by atoms with Gasteiger partial charge in [0.15, 0.2) is 0 Å². The number of para-hydroxylation sites is 1. The van der Waals surface area contributed by atoms with E-state index in [0.717, 1.165) is 5.56 Å². The summed E-state index contributed by atoms with van der Waals surface area (Å²) in [4.78, 5) is 0. The van der Waals surface area contributed by atoms with Crippen LogP contribution in [0.15, 0.2) is 30.5 Å². The lowest BCUT2D eigenvalue weighted by Crippen LogP contribution is -2.16. The third-order valence-corrected chi connectivity index (χ3v) is 2.87. The number of aliphatic hydroxyl groups is 1. The van der Waals surface area contributed by atoms with E-state index in [1.807, 2.05) is 25.4 Å². The zero-order valence-corrected chi connectivity index (χ0v) is 8.85. The lowest BCUT2D eigenvalue weighted by atomic mass is 9.98. The Balaban J connectivity index is 2.63. The smallest absolute Gasteiger partial charge is 0.0514 e. The Morgan fingerprint density at radius 2 is 2.20 bits per heavy atom. The molecule has 1 heterocycles. The second kappa shape index (κ2) is 4.04. The van der Waals surface area contributed by atoms with Crippen molar-refractivity contribution in [1.82, 2.24) is 4.57 Å². The Morgan fingerprint density at radius 3 is 2.87 bits per heavy atom. The number of nitrogens with two attached hydrogens (primary N) is 1. The molecule has 0 fully saturated rings. The van der Waals surface area contributed by atoms with Crippen LogP contribution < -0.4 is 5.73 Å². The zero-order valence-electron chi connectivity index (χ0n) is 8.85. The average Bonchev–Trinajstić information content (AvgIpc) is 2.63. The molecule has 0 aliphatic carbocycles. The number of hydrogen-bond acceptors (Lipinski definition) is 2. The van der Waals surface area contributed by atoms with Gasteiger partial charge in [0.1, 0.15) is 0 Å². The van der Waals surface area contributed by atoms with Gasteiger partial charge in [-0.1, -0.05) is 18.2 Å². The highest BCUT2D eigenvalue weighted by Crippen LogP contribution is 2.25. The summed E-state index contributed by atoms with van der Waals surface area (Å²) >= 11 is 0. The van der Waals surface area contributed by atoms with Crippen molar-refractivity contribution in [2.45, 2.75) is 5.92 Å². The van der Waals surface area contributed by atoms with Gasteiger partial charge in [0.25, 0.3) is 0 Å². The van der Waals surface area contributed by atoms with E-state index in [1.165, 1.54) is 10.9 Å². The van der Waals surface area contributed by atoms with Crippen LogP contribution in [0.4, 0.5) is 0 Å². The molecule has 0 amide bonds. The van der Waals surface area contributed by atoms with Crippen molar-refractivity contribution in [1.29, 1.82) is 0 Å². The van der Waals surface area contributed by atoms with E-state index in [4.69, 9.17) is 5.73 Å². The minimum atomic E-state index is 0.0299. The van der Waals surface area contributed by atoms with Gasteiger partial charge in [-0.2, -0.15) is 0 Å². The second-order valence-electron chi connectivity index (χ2n) is 3.83. The summed E-state index contributed by atoms with van der Waals surface area (Å²) in [6, 6.07) is 8.19. The predicted molar refractivity (Wildman–Crippen MR) is 61.8 cm³/mol. The number of aryl methyl sites for hydroxylation is 1. The third kappa shape index (κ3) is 1.64. The van der Waals surface area contributed by atoms with Gasteiger partial charge in [0.05, 0.1) is 12.1 Å². The molecule has 3 N–H and O–H groups in total. The predicted octanol–water partition coefficient (Wildman–Crippen LogP) is 1.21. The Morgan fingerprint density at radius 1 is 1.40 bits per heavy atom. The molecule has 80 valence electrons. The van der Waals surface area contributed by atoms with Gasteiger partial charge in [-0.25, -0.2) is 0 Å². The molecule has 0 saturated heterocycles. The van der Waals surface area contributed by atoms with Crippen LogP contribution in [-0.2, 0) is 7.05 Å². The van der Waals surface area contributed by atoms with Crippen LogP contribution in [0.2, 0.25) is 0 Å². The summed E-state index contributed by atoms with van der Waals surface area (Å²) in [5, 5.41) is 10.5. The van der Waals surface area contributed by atoms with Gasteiger partial charge in [0.2, 0.25) is 0 Å². The fourth-order valence-electron chi connectivity index (χ4n) is 2.02. The number of nitrogens with zero attached hydrogens (tertiary/aromatic N) is 1. The Labute approximate surface area is 89.1 Å². The number of aromatic nitrogens is 1. The van der Waals surface area contributed by atoms with Crippen LogP contribution in [0.3, 0.4) is 0 Å². The normalized spacial score (nSPS) is 13.3. The van der Waals surface area contributed by atoms with Crippen molar-refractivity contribution < 1.29 is 5.11 Å². The van der Waals surface area contributed by atoms with Crippen molar-refractivity contribution in [3.05, 3.63) is 36.0 Å². The van der Waals surface area contributed by atoms with Gasteiger partial charge >= 0.3 is 0 Å². The van der Waals surface area contributed by atoms with Gasteiger partial charge in [-0.05, 0) is 17.0 Å². The fraction of sp³-hybridized carbons (Fsp3) is 0.333. The molecule has 1 unspecified atom stereocenters. The fourth-order valence-corrected chi connectivity index (χ4v) is 2.02. The topological polar surface area (TPSA) is 51.2 Å². The second-order valence-corrected chi connectivity index (χ2v) is 3.83. The van der Waals surface area contributed by atoms with Crippen molar-refractivity contribution >= 4 is 10.9 Å². The number of fused-ring (bicyclic) bond motifs is 1. The first-order valence-corrected chi connectivity index (χ1v) is 5.12. The number of benzene rings is 1. The number of rotatable bonds is 3. The molecule has 0 spiro atoms. The summed E-state index contributed by atoms with van der Waals surface area (Å²) in [7, 11) is 2.01. The van der Waals surface area contributed by atoms with E-state index in [-0.39, 0.29) is 12.5 Å². The molecule has 0 saturated carbocycles. The molecule has 0 radical (unpaired) electrons. The molecule has 3 nitrogen and oxygen atoms in total. The average molecular weight is 204 g/mol. The monoisotopic (exact) mass is 204 g/mol. The summed E-state index contributed by atoms with van der Waals surface area (Å²) in [6.07, 6.45) is 2.03. The molecule has 1 aromatic carbocycles. The highest BCUT2D eigenvalue weighted by molar-refractivity contribution is 5.83. The maximum absolute atomic E-state index is 9.28. The van der Waals surface area contributed by atoms with Crippen LogP contribution in [0.1, 0.15) is 11.5 Å². The minimum absolute atomic E-state index is 0.0299. The van der Waals surface area contributed by atoms with E-state index in [1.54, 1.807) is 0 Å². The first-order chi connectivity index (χ1) is 7.27.